The van der Waals surface area contributed by atoms with Gasteiger partial charge in [0.15, 0.2) is 0 Å². The van der Waals surface area contributed by atoms with E-state index >= 15 is 0 Å². The zero-order valence-corrected chi connectivity index (χ0v) is 12.3. The van der Waals surface area contributed by atoms with Gasteiger partial charge in [-0.2, -0.15) is 0 Å². The zero-order valence-electron chi connectivity index (χ0n) is 10.8. The first kappa shape index (κ1) is 14.1. The normalized spacial score (nSPS) is 20.3. The molecule has 1 aliphatic heterocycles. The van der Waals surface area contributed by atoms with Crippen LogP contribution in [0.25, 0.3) is 0 Å². The first-order valence-corrected chi connectivity index (χ1v) is 7.24. The van der Waals surface area contributed by atoms with Gasteiger partial charge < -0.3 is 10.2 Å². The lowest BCUT2D eigenvalue weighted by atomic mass is 9.99. The highest BCUT2D eigenvalue weighted by Gasteiger charge is 2.15. The molecule has 4 heteroatoms. The zero-order chi connectivity index (χ0) is 13.0. The summed E-state index contributed by atoms with van der Waals surface area (Å²) in [5.41, 5.74) is 1.11. The molecule has 100 valence electrons. The van der Waals surface area contributed by atoms with Gasteiger partial charge in [0.05, 0.1) is 10.0 Å². The van der Waals surface area contributed by atoms with Crippen LogP contribution in [0.3, 0.4) is 0 Å². The molecule has 1 saturated heterocycles. The summed E-state index contributed by atoms with van der Waals surface area (Å²) in [6.45, 7) is 4.26. The van der Waals surface area contributed by atoms with Crippen molar-refractivity contribution < 1.29 is 0 Å². The molecule has 0 radical (unpaired) electrons. The molecule has 2 nitrogen and oxygen atoms in total. The first-order valence-electron chi connectivity index (χ1n) is 6.49. The standard InChI is InChI=1S/C14H20Cl2N2/c1-18(9-11-4-3-7-17-8-11)10-12-5-2-6-13(15)14(12)16/h2,5-6,11,17H,3-4,7-10H2,1H3. The Kier molecular flexibility index (Phi) is 5.31. The number of halogens is 2. The van der Waals surface area contributed by atoms with Crippen LogP contribution in [0, 0.1) is 5.92 Å². The summed E-state index contributed by atoms with van der Waals surface area (Å²) in [6.07, 6.45) is 2.61. The summed E-state index contributed by atoms with van der Waals surface area (Å²) in [7, 11) is 2.14. The Hall–Kier alpha value is -0.280. The topological polar surface area (TPSA) is 15.3 Å². The van der Waals surface area contributed by atoms with Crippen molar-refractivity contribution in [2.75, 3.05) is 26.7 Å². The summed E-state index contributed by atoms with van der Waals surface area (Å²) in [5, 5.41) is 4.78. The summed E-state index contributed by atoms with van der Waals surface area (Å²) < 4.78 is 0. The molecule has 1 unspecified atom stereocenters. The van der Waals surface area contributed by atoms with Crippen LogP contribution in [0.2, 0.25) is 10.0 Å². The van der Waals surface area contributed by atoms with Gasteiger partial charge >= 0.3 is 0 Å². The SMILES string of the molecule is CN(Cc1cccc(Cl)c1Cl)CC1CCCNC1. The summed E-state index contributed by atoms with van der Waals surface area (Å²) >= 11 is 12.2. The van der Waals surface area contributed by atoms with Gasteiger partial charge in [-0.3, -0.25) is 0 Å². The highest BCUT2D eigenvalue weighted by molar-refractivity contribution is 6.42. The average molecular weight is 287 g/mol. The number of nitrogens with one attached hydrogen (secondary N) is 1. The van der Waals surface area contributed by atoms with Crippen LogP contribution in [0.4, 0.5) is 0 Å². The minimum absolute atomic E-state index is 0.641. The maximum Gasteiger partial charge on any atom is 0.0637 e. The van der Waals surface area contributed by atoms with Gasteiger partial charge in [0.25, 0.3) is 0 Å². The molecule has 0 bridgehead atoms. The quantitative estimate of drug-likeness (QED) is 0.912. The van der Waals surface area contributed by atoms with E-state index in [-0.39, 0.29) is 0 Å². The molecular weight excluding hydrogens is 267 g/mol. The van der Waals surface area contributed by atoms with Crippen molar-refractivity contribution in [3.05, 3.63) is 33.8 Å². The van der Waals surface area contributed by atoms with Crippen LogP contribution in [-0.2, 0) is 6.54 Å². The van der Waals surface area contributed by atoms with E-state index in [9.17, 15) is 0 Å². The third kappa shape index (κ3) is 3.86. The Balaban J connectivity index is 1.90. The third-order valence-electron chi connectivity index (χ3n) is 3.44. The van der Waals surface area contributed by atoms with Crippen molar-refractivity contribution in [2.45, 2.75) is 19.4 Å². The van der Waals surface area contributed by atoms with Gasteiger partial charge in [0.2, 0.25) is 0 Å². The van der Waals surface area contributed by atoms with Crippen molar-refractivity contribution in [3.8, 4) is 0 Å². The van der Waals surface area contributed by atoms with Crippen molar-refractivity contribution >= 4 is 23.2 Å². The third-order valence-corrected chi connectivity index (χ3v) is 4.30. The second-order valence-electron chi connectivity index (χ2n) is 5.12. The number of piperidine rings is 1. The van der Waals surface area contributed by atoms with E-state index in [1.54, 1.807) is 0 Å². The van der Waals surface area contributed by atoms with Crippen LogP contribution in [0.15, 0.2) is 18.2 Å². The lowest BCUT2D eigenvalue weighted by Crippen LogP contribution is -2.36. The van der Waals surface area contributed by atoms with Crippen molar-refractivity contribution in [1.82, 2.24) is 10.2 Å². The van der Waals surface area contributed by atoms with Crippen molar-refractivity contribution in [3.63, 3.8) is 0 Å². The Morgan fingerprint density at radius 3 is 2.94 bits per heavy atom. The number of hydrogen-bond donors (Lipinski definition) is 1. The molecule has 18 heavy (non-hydrogen) atoms. The Morgan fingerprint density at radius 2 is 2.22 bits per heavy atom. The maximum atomic E-state index is 6.21. The predicted molar refractivity (Wildman–Crippen MR) is 78.4 cm³/mol. The highest BCUT2D eigenvalue weighted by Crippen LogP contribution is 2.26. The molecule has 0 saturated carbocycles. The number of benzene rings is 1. The molecule has 1 aliphatic rings. The molecule has 1 heterocycles. The Bertz CT molecular complexity index is 389. The Morgan fingerprint density at radius 1 is 1.39 bits per heavy atom. The molecule has 2 rings (SSSR count). The molecule has 0 aliphatic carbocycles. The van der Waals surface area contributed by atoms with E-state index in [1.165, 1.54) is 19.4 Å². The maximum absolute atomic E-state index is 6.21. The fourth-order valence-electron chi connectivity index (χ4n) is 2.55. The van der Waals surface area contributed by atoms with Crippen LogP contribution in [0.1, 0.15) is 18.4 Å². The Labute approximate surface area is 119 Å². The lowest BCUT2D eigenvalue weighted by Gasteiger charge is -2.27. The largest absolute Gasteiger partial charge is 0.316 e. The molecule has 1 atom stereocenters. The molecular formula is C14H20Cl2N2. The second-order valence-corrected chi connectivity index (χ2v) is 5.91. The minimum Gasteiger partial charge on any atom is -0.316 e. The molecule has 1 N–H and O–H groups in total. The smallest absolute Gasteiger partial charge is 0.0637 e. The average Bonchev–Trinajstić information content (AvgIpc) is 2.36. The number of nitrogens with zero attached hydrogens (tertiary/aromatic N) is 1. The van der Waals surface area contributed by atoms with E-state index in [0.717, 1.165) is 31.1 Å². The van der Waals surface area contributed by atoms with Gasteiger partial charge in [-0.15, -0.1) is 0 Å². The molecule has 1 fully saturated rings. The van der Waals surface area contributed by atoms with Crippen molar-refractivity contribution in [1.29, 1.82) is 0 Å². The monoisotopic (exact) mass is 286 g/mol. The van der Waals surface area contributed by atoms with E-state index in [4.69, 9.17) is 23.2 Å². The molecule has 1 aromatic rings. The van der Waals surface area contributed by atoms with Crippen LogP contribution < -0.4 is 5.32 Å². The molecule has 0 spiro atoms. The molecule has 1 aromatic carbocycles. The highest BCUT2D eigenvalue weighted by atomic mass is 35.5. The summed E-state index contributed by atoms with van der Waals surface area (Å²) in [4.78, 5) is 2.33. The fraction of sp³-hybridized carbons (Fsp3) is 0.571. The number of hydrogen-bond acceptors (Lipinski definition) is 2. The van der Waals surface area contributed by atoms with Crippen molar-refractivity contribution in [2.24, 2.45) is 5.92 Å². The van der Waals surface area contributed by atoms with Gasteiger partial charge in [-0.25, -0.2) is 0 Å². The van der Waals surface area contributed by atoms with Gasteiger partial charge in [0, 0.05) is 13.1 Å². The van der Waals surface area contributed by atoms with E-state index in [0.29, 0.717) is 10.0 Å². The molecule has 0 aromatic heterocycles. The van der Waals surface area contributed by atoms with E-state index in [2.05, 4.69) is 17.3 Å². The predicted octanol–water partition coefficient (Wildman–Crippen LogP) is 3.42. The second kappa shape index (κ2) is 6.76. The van der Waals surface area contributed by atoms with Crippen LogP contribution in [0.5, 0.6) is 0 Å². The fourth-order valence-corrected chi connectivity index (χ4v) is 2.93. The summed E-state index contributed by atoms with van der Waals surface area (Å²) in [6, 6.07) is 5.84. The van der Waals surface area contributed by atoms with E-state index in [1.807, 2.05) is 18.2 Å². The van der Waals surface area contributed by atoms with Gasteiger partial charge in [-0.05, 0) is 50.5 Å². The molecule has 0 amide bonds. The lowest BCUT2D eigenvalue weighted by molar-refractivity contribution is 0.237. The van der Waals surface area contributed by atoms with Gasteiger partial charge in [-0.1, -0.05) is 35.3 Å². The first-order chi connectivity index (χ1) is 8.66. The van der Waals surface area contributed by atoms with Crippen LogP contribution in [-0.4, -0.2) is 31.6 Å². The van der Waals surface area contributed by atoms with Gasteiger partial charge in [0.1, 0.15) is 0 Å². The summed E-state index contributed by atoms with van der Waals surface area (Å²) in [5.74, 6) is 0.752. The number of rotatable bonds is 4. The minimum atomic E-state index is 0.641. The van der Waals surface area contributed by atoms with E-state index < -0.39 is 0 Å². The van der Waals surface area contributed by atoms with Crippen LogP contribution >= 0.6 is 23.2 Å².